The Balaban J connectivity index is 2.14. The monoisotopic (exact) mass is 357 g/mol. The van der Waals surface area contributed by atoms with Crippen molar-refractivity contribution in [1.29, 1.82) is 0 Å². The smallest absolute Gasteiger partial charge is 0.0449 e. The Bertz CT molecular complexity index is 439. The topological polar surface area (TPSA) is 12.0 Å². The standard InChI is InChI=1S/C17H25BrClN/c1-13(2)20-12-17(8-4-3-5-9-17)11-14-6-7-15(18)10-16(14)19/h6-7,10,13,20H,3-5,8-9,11-12H2,1-2H3. The first kappa shape index (κ1) is 16.3. The molecule has 3 heteroatoms. The fourth-order valence-corrected chi connectivity index (χ4v) is 3.95. The average Bonchev–Trinajstić information content (AvgIpc) is 2.41. The lowest BCUT2D eigenvalue weighted by Gasteiger charge is -2.38. The highest BCUT2D eigenvalue weighted by Crippen LogP contribution is 2.40. The van der Waals surface area contributed by atoms with Gasteiger partial charge < -0.3 is 5.32 Å². The Kier molecular flexibility index (Phi) is 5.95. The zero-order chi connectivity index (χ0) is 14.6. The van der Waals surface area contributed by atoms with Gasteiger partial charge in [0, 0.05) is 22.1 Å². The predicted octanol–water partition coefficient (Wildman–Crippen LogP) is 5.59. The Hall–Kier alpha value is -0.0500. The van der Waals surface area contributed by atoms with Gasteiger partial charge in [0.2, 0.25) is 0 Å². The van der Waals surface area contributed by atoms with Crippen LogP contribution in [0.25, 0.3) is 0 Å². The molecule has 0 spiro atoms. The lowest BCUT2D eigenvalue weighted by molar-refractivity contribution is 0.176. The third-order valence-electron chi connectivity index (χ3n) is 4.38. The molecule has 0 aromatic heterocycles. The number of nitrogens with one attached hydrogen (secondary N) is 1. The maximum Gasteiger partial charge on any atom is 0.0449 e. The highest BCUT2D eigenvalue weighted by atomic mass is 79.9. The summed E-state index contributed by atoms with van der Waals surface area (Å²) in [6, 6.07) is 6.85. The molecule has 1 saturated carbocycles. The van der Waals surface area contributed by atoms with E-state index in [4.69, 9.17) is 11.6 Å². The van der Waals surface area contributed by atoms with Gasteiger partial charge >= 0.3 is 0 Å². The van der Waals surface area contributed by atoms with E-state index < -0.39 is 0 Å². The largest absolute Gasteiger partial charge is 0.314 e. The van der Waals surface area contributed by atoms with Crippen molar-refractivity contribution in [3.63, 3.8) is 0 Å². The van der Waals surface area contributed by atoms with E-state index in [2.05, 4.69) is 47.2 Å². The molecule has 0 atom stereocenters. The van der Waals surface area contributed by atoms with E-state index >= 15 is 0 Å². The van der Waals surface area contributed by atoms with Crippen LogP contribution in [0.4, 0.5) is 0 Å². The molecule has 1 aliphatic carbocycles. The van der Waals surface area contributed by atoms with E-state index in [9.17, 15) is 0 Å². The van der Waals surface area contributed by atoms with Gasteiger partial charge in [0.1, 0.15) is 0 Å². The molecule has 0 amide bonds. The van der Waals surface area contributed by atoms with Gasteiger partial charge in [0.05, 0.1) is 0 Å². The average molecular weight is 359 g/mol. The normalized spacial score (nSPS) is 18.4. The van der Waals surface area contributed by atoms with Crippen molar-refractivity contribution in [2.45, 2.75) is 58.4 Å². The fourth-order valence-electron chi connectivity index (χ4n) is 3.21. The molecule has 0 radical (unpaired) electrons. The van der Waals surface area contributed by atoms with Crippen LogP contribution in [0.15, 0.2) is 22.7 Å². The first-order valence-corrected chi connectivity index (χ1v) is 8.85. The third kappa shape index (κ3) is 4.47. The van der Waals surface area contributed by atoms with Crippen LogP contribution < -0.4 is 5.32 Å². The molecule has 112 valence electrons. The van der Waals surface area contributed by atoms with E-state index in [1.807, 2.05) is 6.07 Å². The first-order chi connectivity index (χ1) is 9.51. The van der Waals surface area contributed by atoms with Gasteiger partial charge in [-0.25, -0.2) is 0 Å². The fraction of sp³-hybridized carbons (Fsp3) is 0.647. The molecule has 0 aliphatic heterocycles. The Labute approximate surface area is 136 Å². The van der Waals surface area contributed by atoms with Crippen LogP contribution in [0.2, 0.25) is 5.02 Å². The van der Waals surface area contributed by atoms with Crippen molar-refractivity contribution < 1.29 is 0 Å². The first-order valence-electron chi connectivity index (χ1n) is 7.68. The van der Waals surface area contributed by atoms with Crippen LogP contribution in [0.1, 0.15) is 51.5 Å². The Morgan fingerprint density at radius 2 is 1.95 bits per heavy atom. The van der Waals surface area contributed by atoms with Crippen molar-refractivity contribution in [2.24, 2.45) is 5.41 Å². The zero-order valence-electron chi connectivity index (χ0n) is 12.5. The van der Waals surface area contributed by atoms with Gasteiger partial charge in [0.25, 0.3) is 0 Å². The molecule has 1 N–H and O–H groups in total. The molecule has 0 saturated heterocycles. The Morgan fingerprint density at radius 3 is 2.55 bits per heavy atom. The van der Waals surface area contributed by atoms with Crippen LogP contribution in [-0.4, -0.2) is 12.6 Å². The molecule has 0 heterocycles. The summed E-state index contributed by atoms with van der Waals surface area (Å²) < 4.78 is 1.06. The lowest BCUT2D eigenvalue weighted by atomic mass is 9.70. The van der Waals surface area contributed by atoms with Gasteiger partial charge in [0.15, 0.2) is 0 Å². The molecule has 2 rings (SSSR count). The van der Waals surface area contributed by atoms with Crippen LogP contribution in [0.3, 0.4) is 0 Å². The zero-order valence-corrected chi connectivity index (χ0v) is 14.9. The lowest BCUT2D eigenvalue weighted by Crippen LogP contribution is -2.40. The summed E-state index contributed by atoms with van der Waals surface area (Å²) in [6.45, 7) is 5.56. The predicted molar refractivity (Wildman–Crippen MR) is 91.5 cm³/mol. The maximum atomic E-state index is 6.42. The molecule has 0 bridgehead atoms. The second-order valence-electron chi connectivity index (χ2n) is 6.51. The van der Waals surface area contributed by atoms with Crippen molar-refractivity contribution in [1.82, 2.24) is 5.32 Å². The van der Waals surface area contributed by atoms with E-state index in [0.29, 0.717) is 11.5 Å². The number of benzene rings is 1. The van der Waals surface area contributed by atoms with Gasteiger partial charge in [-0.05, 0) is 42.4 Å². The second kappa shape index (κ2) is 7.29. The molecule has 1 fully saturated rings. The second-order valence-corrected chi connectivity index (χ2v) is 7.83. The highest BCUT2D eigenvalue weighted by Gasteiger charge is 2.32. The summed E-state index contributed by atoms with van der Waals surface area (Å²) in [4.78, 5) is 0. The van der Waals surface area contributed by atoms with Crippen LogP contribution in [0, 0.1) is 5.41 Å². The van der Waals surface area contributed by atoms with E-state index in [-0.39, 0.29) is 0 Å². The summed E-state index contributed by atoms with van der Waals surface area (Å²) in [6.07, 6.45) is 7.83. The van der Waals surface area contributed by atoms with E-state index in [1.165, 1.54) is 37.7 Å². The van der Waals surface area contributed by atoms with Crippen molar-refractivity contribution >= 4 is 27.5 Å². The third-order valence-corrected chi connectivity index (χ3v) is 5.23. The SMILES string of the molecule is CC(C)NCC1(Cc2ccc(Br)cc2Cl)CCCCC1. The molecular formula is C17H25BrClN. The van der Waals surface area contributed by atoms with Gasteiger partial charge in [-0.3, -0.25) is 0 Å². The van der Waals surface area contributed by atoms with Crippen LogP contribution >= 0.6 is 27.5 Å². The van der Waals surface area contributed by atoms with Crippen molar-refractivity contribution in [2.75, 3.05) is 6.54 Å². The number of hydrogen-bond donors (Lipinski definition) is 1. The quantitative estimate of drug-likeness (QED) is 0.723. The minimum Gasteiger partial charge on any atom is -0.314 e. The van der Waals surface area contributed by atoms with Gasteiger partial charge in [-0.15, -0.1) is 0 Å². The summed E-state index contributed by atoms with van der Waals surface area (Å²) in [5.41, 5.74) is 1.68. The highest BCUT2D eigenvalue weighted by molar-refractivity contribution is 9.10. The molecule has 20 heavy (non-hydrogen) atoms. The van der Waals surface area contributed by atoms with Gasteiger partial charge in [-0.1, -0.05) is 66.7 Å². The molecule has 0 unspecified atom stereocenters. The van der Waals surface area contributed by atoms with Crippen molar-refractivity contribution in [3.8, 4) is 0 Å². The summed E-state index contributed by atoms with van der Waals surface area (Å²) in [5.74, 6) is 0. The minimum atomic E-state index is 0.389. The Morgan fingerprint density at radius 1 is 1.25 bits per heavy atom. The van der Waals surface area contributed by atoms with Crippen LogP contribution in [0.5, 0.6) is 0 Å². The minimum absolute atomic E-state index is 0.389. The number of halogens is 2. The summed E-state index contributed by atoms with van der Waals surface area (Å²) >= 11 is 9.91. The molecular weight excluding hydrogens is 334 g/mol. The number of rotatable bonds is 5. The molecule has 1 aromatic rings. The number of hydrogen-bond acceptors (Lipinski definition) is 1. The summed E-state index contributed by atoms with van der Waals surface area (Å²) in [7, 11) is 0. The summed E-state index contributed by atoms with van der Waals surface area (Å²) in [5, 5.41) is 4.55. The van der Waals surface area contributed by atoms with Gasteiger partial charge in [-0.2, -0.15) is 0 Å². The molecule has 1 aliphatic rings. The van der Waals surface area contributed by atoms with Crippen LogP contribution in [-0.2, 0) is 6.42 Å². The van der Waals surface area contributed by atoms with E-state index in [0.717, 1.165) is 22.5 Å². The van der Waals surface area contributed by atoms with Crippen molar-refractivity contribution in [3.05, 3.63) is 33.3 Å². The maximum absolute atomic E-state index is 6.42. The molecule has 1 aromatic carbocycles. The molecule has 1 nitrogen and oxygen atoms in total. The van der Waals surface area contributed by atoms with E-state index in [1.54, 1.807) is 0 Å².